The fourth-order valence-corrected chi connectivity index (χ4v) is 5.70. The number of carbonyl (C=O) groups is 3. The van der Waals surface area contributed by atoms with Crippen LogP contribution in [0.1, 0.15) is 55.3 Å². The molecule has 12 heteroatoms. The number of aromatic amines is 1. The zero-order chi connectivity index (χ0) is 30.4. The molecule has 1 aliphatic rings. The van der Waals surface area contributed by atoms with Crippen LogP contribution in [0.4, 0.5) is 4.79 Å². The van der Waals surface area contributed by atoms with Crippen molar-refractivity contribution in [1.29, 1.82) is 0 Å². The topological polar surface area (TPSA) is 157 Å². The average Bonchev–Trinajstić information content (AvgIpc) is 3.54. The second-order valence-corrected chi connectivity index (χ2v) is 11.3. The molecular weight excluding hydrogens is 569 g/mol. The molecule has 0 spiro atoms. The maximum atomic E-state index is 13.9. The Bertz CT molecular complexity index is 1300. The van der Waals surface area contributed by atoms with Crippen LogP contribution in [0.2, 0.25) is 0 Å². The molecule has 2 aromatic carbocycles. The summed E-state index contributed by atoms with van der Waals surface area (Å²) in [4.78, 5) is 49.4. The number of ether oxygens (including phenoxy) is 1. The van der Waals surface area contributed by atoms with Crippen molar-refractivity contribution in [2.24, 2.45) is 11.7 Å². The number of hydrogen-bond donors (Lipinski definition) is 3. The molecule has 0 radical (unpaired) electrons. The van der Waals surface area contributed by atoms with E-state index in [0.29, 0.717) is 23.6 Å². The van der Waals surface area contributed by atoms with Gasteiger partial charge in [-0.05, 0) is 29.9 Å². The summed E-state index contributed by atoms with van der Waals surface area (Å²) in [5.74, 6) is -1.12. The minimum atomic E-state index is -1.60. The van der Waals surface area contributed by atoms with Crippen LogP contribution >= 0.6 is 8.69 Å². The smallest absolute Gasteiger partial charge is 0.417 e. The number of H-pyrrole nitrogens is 1. The summed E-state index contributed by atoms with van der Waals surface area (Å²) in [6, 6.07) is 15.7. The van der Waals surface area contributed by atoms with Gasteiger partial charge in [-0.25, -0.2) is 14.7 Å². The lowest BCUT2D eigenvalue weighted by Crippen LogP contribution is -2.59. The number of nitrogens with one attached hydrogen (secondary N) is 2. The largest absolute Gasteiger partial charge is 0.444 e. The van der Waals surface area contributed by atoms with Gasteiger partial charge in [0.05, 0.1) is 18.1 Å². The van der Waals surface area contributed by atoms with E-state index in [1.807, 2.05) is 36.4 Å². The second-order valence-electron chi connectivity index (χ2n) is 10.8. The summed E-state index contributed by atoms with van der Waals surface area (Å²) in [5.41, 5.74) is 8.32. The zero-order valence-corrected chi connectivity index (χ0v) is 25.3. The van der Waals surface area contributed by atoms with Gasteiger partial charge in [0.2, 0.25) is 11.8 Å². The molecule has 0 saturated heterocycles. The predicted octanol–water partition coefficient (Wildman–Crippen LogP) is 4.16. The maximum absolute atomic E-state index is 13.9. The SMILES string of the molecule is NC(Cc1ccccc1)C(=O)N(C(=O)OCc1ccccc1)C(Cc1c[nH]cn1)C(=O)NC(CC1CCCCC1)O[PH2]=O. The maximum Gasteiger partial charge on any atom is 0.417 e. The third-order valence-corrected chi connectivity index (χ3v) is 8.06. The van der Waals surface area contributed by atoms with Gasteiger partial charge in [0, 0.05) is 12.6 Å². The van der Waals surface area contributed by atoms with Crippen LogP contribution in [0.15, 0.2) is 73.2 Å². The first-order chi connectivity index (χ1) is 20.9. The Hall–Kier alpha value is -3.79. The molecule has 1 fully saturated rings. The Balaban J connectivity index is 1.61. The highest BCUT2D eigenvalue weighted by molar-refractivity contribution is 7.17. The van der Waals surface area contributed by atoms with Gasteiger partial charge in [0.1, 0.15) is 18.9 Å². The molecule has 3 amide bonds. The minimum Gasteiger partial charge on any atom is -0.444 e. The van der Waals surface area contributed by atoms with E-state index in [2.05, 4.69) is 15.3 Å². The zero-order valence-electron chi connectivity index (χ0n) is 24.1. The molecule has 11 nitrogen and oxygen atoms in total. The molecule has 4 unspecified atom stereocenters. The molecule has 43 heavy (non-hydrogen) atoms. The molecule has 3 aromatic rings. The summed E-state index contributed by atoms with van der Waals surface area (Å²) in [7, 11) is -1.60. The molecule has 0 aliphatic heterocycles. The van der Waals surface area contributed by atoms with E-state index in [1.165, 1.54) is 12.7 Å². The van der Waals surface area contributed by atoms with E-state index >= 15 is 0 Å². The first kappa shape index (κ1) is 32.1. The number of nitrogens with zero attached hydrogens (tertiary/aromatic N) is 2. The quantitative estimate of drug-likeness (QED) is 0.182. The van der Waals surface area contributed by atoms with E-state index in [4.69, 9.17) is 15.0 Å². The normalized spacial score (nSPS) is 15.9. The Morgan fingerprint density at radius 2 is 1.67 bits per heavy atom. The number of carbonyl (C=O) groups excluding carboxylic acids is 3. The fraction of sp³-hybridized carbons (Fsp3) is 0.419. The third-order valence-electron chi connectivity index (χ3n) is 7.62. The monoisotopic (exact) mass is 609 g/mol. The molecule has 1 heterocycles. The van der Waals surface area contributed by atoms with Gasteiger partial charge in [-0.2, -0.15) is 0 Å². The van der Waals surface area contributed by atoms with E-state index in [-0.39, 0.29) is 19.4 Å². The van der Waals surface area contributed by atoms with Crippen LogP contribution in [0, 0.1) is 5.92 Å². The van der Waals surface area contributed by atoms with Crippen molar-refractivity contribution in [3.8, 4) is 0 Å². The number of benzene rings is 2. The Morgan fingerprint density at radius 3 is 2.30 bits per heavy atom. The predicted molar refractivity (Wildman–Crippen MR) is 162 cm³/mol. The molecule has 1 aromatic heterocycles. The lowest BCUT2D eigenvalue weighted by atomic mass is 9.86. The van der Waals surface area contributed by atoms with E-state index in [9.17, 15) is 18.9 Å². The third kappa shape index (κ3) is 9.88. The van der Waals surface area contributed by atoms with Gasteiger partial charge in [0.25, 0.3) is 0 Å². The summed E-state index contributed by atoms with van der Waals surface area (Å²) < 4.78 is 22.6. The van der Waals surface area contributed by atoms with Gasteiger partial charge >= 0.3 is 6.09 Å². The number of imide groups is 1. The lowest BCUT2D eigenvalue weighted by molar-refractivity contribution is -0.140. The van der Waals surface area contributed by atoms with Crippen molar-refractivity contribution in [3.05, 3.63) is 90.0 Å². The standard InChI is InChI=1S/C31H40N5O6P/c32-26(16-22-10-4-1-5-11-22)30(38)36(31(39)41-20-24-14-8-3-9-15-24)27(18-25-19-33-21-34-25)29(37)35-28(42-43-40)17-23-12-6-2-7-13-23/h1,3-5,8-11,14-15,19,21,23,26-28H,2,6-7,12-13,16-18,20,32,43H2,(H,33,34)(H,35,37). The highest BCUT2D eigenvalue weighted by Crippen LogP contribution is 2.28. The number of amides is 3. The van der Waals surface area contributed by atoms with Crippen molar-refractivity contribution in [2.45, 2.75) is 76.3 Å². The van der Waals surface area contributed by atoms with E-state index in [0.717, 1.165) is 36.1 Å². The van der Waals surface area contributed by atoms with Gasteiger partial charge in [-0.1, -0.05) is 92.8 Å². The van der Waals surface area contributed by atoms with Crippen molar-refractivity contribution in [3.63, 3.8) is 0 Å². The van der Waals surface area contributed by atoms with Crippen LogP contribution < -0.4 is 11.1 Å². The molecule has 4 rings (SSSR count). The van der Waals surface area contributed by atoms with Crippen LogP contribution in [-0.4, -0.2) is 51.1 Å². The van der Waals surface area contributed by atoms with Gasteiger partial charge < -0.3 is 25.3 Å². The molecule has 0 bridgehead atoms. The molecule has 230 valence electrons. The second kappa shape index (κ2) is 16.7. The average molecular weight is 610 g/mol. The number of aromatic nitrogens is 2. The van der Waals surface area contributed by atoms with E-state index in [1.54, 1.807) is 30.5 Å². The van der Waals surface area contributed by atoms with Crippen LogP contribution in [0.25, 0.3) is 0 Å². The van der Waals surface area contributed by atoms with Gasteiger partial charge in [-0.3, -0.25) is 14.2 Å². The van der Waals surface area contributed by atoms with Crippen LogP contribution in [0.5, 0.6) is 0 Å². The molecular formula is C31H40N5O6P. The highest BCUT2D eigenvalue weighted by Gasteiger charge is 2.40. The number of hydrogen-bond acceptors (Lipinski definition) is 8. The first-order valence-electron chi connectivity index (χ1n) is 14.6. The summed E-state index contributed by atoms with van der Waals surface area (Å²) in [5, 5.41) is 2.81. The van der Waals surface area contributed by atoms with Crippen LogP contribution in [-0.2, 0) is 42.9 Å². The van der Waals surface area contributed by atoms with E-state index < -0.39 is 44.9 Å². The summed E-state index contributed by atoms with van der Waals surface area (Å²) >= 11 is 0. The highest BCUT2D eigenvalue weighted by atomic mass is 31.1. The van der Waals surface area contributed by atoms with Crippen molar-refractivity contribution in [1.82, 2.24) is 20.2 Å². The van der Waals surface area contributed by atoms with Gasteiger partial charge in [0.15, 0.2) is 8.69 Å². The Labute approximate surface area is 252 Å². The summed E-state index contributed by atoms with van der Waals surface area (Å²) in [6.45, 7) is -0.110. The number of nitrogens with two attached hydrogens (primary N) is 1. The fourth-order valence-electron chi connectivity index (χ4n) is 5.39. The lowest BCUT2D eigenvalue weighted by Gasteiger charge is -2.32. The number of rotatable bonds is 14. The molecule has 1 saturated carbocycles. The molecule has 4 atom stereocenters. The van der Waals surface area contributed by atoms with Gasteiger partial charge in [-0.15, -0.1) is 0 Å². The van der Waals surface area contributed by atoms with Crippen molar-refractivity contribution >= 4 is 26.6 Å². The minimum absolute atomic E-state index is 0.0973. The molecule has 4 N–H and O–H groups in total. The van der Waals surface area contributed by atoms with Crippen molar-refractivity contribution < 1.29 is 28.2 Å². The Morgan fingerprint density at radius 1 is 1.00 bits per heavy atom. The van der Waals surface area contributed by atoms with Crippen molar-refractivity contribution in [2.75, 3.05) is 0 Å². The molecule has 1 aliphatic carbocycles. The van der Waals surface area contributed by atoms with Crippen LogP contribution in [0.3, 0.4) is 0 Å². The first-order valence-corrected chi connectivity index (χ1v) is 15.6. The number of imidazole rings is 1. The summed E-state index contributed by atoms with van der Waals surface area (Å²) in [6.07, 6.45) is 7.04. The Kier molecular flexibility index (Phi) is 12.5.